The first kappa shape index (κ1) is 73.7. The summed E-state index contributed by atoms with van der Waals surface area (Å²) in [5.74, 6) is -0.718. The number of hydrogen-bond donors (Lipinski definition) is 1. The number of carbonyl (C=O) groups is 2. The highest BCUT2D eigenvalue weighted by atomic mass is 16.6. The summed E-state index contributed by atoms with van der Waals surface area (Å²) in [5.41, 5.74) is 0. The van der Waals surface area contributed by atoms with Crippen molar-refractivity contribution in [2.75, 3.05) is 13.2 Å². The molecule has 0 rings (SSSR count). The number of ether oxygens (including phenoxy) is 2. The van der Waals surface area contributed by atoms with Crippen molar-refractivity contribution >= 4 is 11.9 Å². The lowest BCUT2D eigenvalue weighted by atomic mass is 10.1. The van der Waals surface area contributed by atoms with Gasteiger partial charge in [-0.15, -0.1) is 0 Å². The standard InChI is InChI=1S/C75H108O5/c1-3-5-7-9-11-13-15-17-19-21-23-25-27-29-31-32-33-34-35-36-37-38-39-40-41-42-44-46-48-50-52-54-56-58-60-62-64-66-68-70-75(78)80-73(71-76)72-79-74(77)69-67-65-63-61-59-57-55-53-51-49-47-45-43-30-28-26-24-22-20-18-16-14-12-10-8-6-4-2/h5-8,11-14,17-20,23-26,29-31,33-34,36-37,39-40,42-44,47-50,53-56,59-62,73,76H,3-4,9-10,15-16,21-22,27-28,32,35,38,41,45-46,51-52,57-58,63-72H2,1-2H3/b7-5-,8-6-,13-11-,14-12-,19-17-,20-18-,25-23-,26-24-,31-29-,34-33-,37-36-,40-39-,43-30-,44-42-,49-47-,50-48-,55-53-,56-54-,61-59-,62-60-. The second kappa shape index (κ2) is 67.0. The fourth-order valence-corrected chi connectivity index (χ4v) is 7.14. The Morgan fingerprint density at radius 2 is 0.487 bits per heavy atom. The maximum atomic E-state index is 12.3. The highest BCUT2D eigenvalue weighted by Crippen LogP contribution is 2.08. The number of unbranched alkanes of at least 4 members (excludes halogenated alkanes) is 4. The predicted molar refractivity (Wildman–Crippen MR) is 351 cm³/mol. The Morgan fingerprint density at radius 3 is 0.700 bits per heavy atom. The van der Waals surface area contributed by atoms with Gasteiger partial charge in [0, 0.05) is 12.8 Å². The van der Waals surface area contributed by atoms with Crippen LogP contribution in [-0.4, -0.2) is 36.4 Å². The molecule has 0 aliphatic heterocycles. The number of rotatable bonds is 52. The third kappa shape index (κ3) is 64.2. The van der Waals surface area contributed by atoms with Gasteiger partial charge < -0.3 is 14.6 Å². The molecule has 0 heterocycles. The van der Waals surface area contributed by atoms with E-state index in [0.717, 1.165) is 161 Å². The third-order valence-corrected chi connectivity index (χ3v) is 11.6. The van der Waals surface area contributed by atoms with Crippen molar-refractivity contribution in [3.8, 4) is 0 Å². The summed E-state index contributed by atoms with van der Waals surface area (Å²) < 4.78 is 10.6. The number of esters is 2. The molecule has 0 saturated heterocycles. The molecule has 1 unspecified atom stereocenters. The van der Waals surface area contributed by atoms with Crippen molar-refractivity contribution in [3.63, 3.8) is 0 Å². The molecule has 0 aliphatic rings. The second-order valence-electron chi connectivity index (χ2n) is 19.0. The average molecular weight is 1090 g/mol. The molecule has 438 valence electrons. The third-order valence-electron chi connectivity index (χ3n) is 11.6. The van der Waals surface area contributed by atoms with Gasteiger partial charge in [-0.3, -0.25) is 9.59 Å². The Hall–Kier alpha value is -6.30. The minimum atomic E-state index is -0.836. The zero-order valence-electron chi connectivity index (χ0n) is 50.0. The highest BCUT2D eigenvalue weighted by Gasteiger charge is 2.16. The molecule has 0 radical (unpaired) electrons. The van der Waals surface area contributed by atoms with E-state index in [1.54, 1.807) is 0 Å². The molecule has 0 aromatic rings. The zero-order valence-corrected chi connectivity index (χ0v) is 50.0. The van der Waals surface area contributed by atoms with Gasteiger partial charge in [0.2, 0.25) is 0 Å². The Morgan fingerprint density at radius 1 is 0.287 bits per heavy atom. The summed E-state index contributed by atoms with van der Waals surface area (Å²) in [5, 5.41) is 9.66. The van der Waals surface area contributed by atoms with Crippen molar-refractivity contribution in [3.05, 3.63) is 243 Å². The molecule has 1 N–H and O–H groups in total. The monoisotopic (exact) mass is 1090 g/mol. The van der Waals surface area contributed by atoms with Gasteiger partial charge in [-0.2, -0.15) is 0 Å². The van der Waals surface area contributed by atoms with Gasteiger partial charge in [0.25, 0.3) is 0 Å². The lowest BCUT2D eigenvalue weighted by molar-refractivity contribution is -0.161. The van der Waals surface area contributed by atoms with Crippen molar-refractivity contribution in [2.24, 2.45) is 0 Å². The molecule has 0 aromatic heterocycles. The fraction of sp³-hybridized carbons (Fsp3) is 0.440. The molecule has 0 bridgehead atoms. The Kier molecular flexibility index (Phi) is 61.7. The van der Waals surface area contributed by atoms with Gasteiger partial charge in [0.1, 0.15) is 6.61 Å². The molecule has 5 nitrogen and oxygen atoms in total. The van der Waals surface area contributed by atoms with Crippen molar-refractivity contribution in [1.82, 2.24) is 0 Å². The van der Waals surface area contributed by atoms with Crippen LogP contribution in [0.15, 0.2) is 243 Å². The van der Waals surface area contributed by atoms with Crippen LogP contribution in [0.25, 0.3) is 0 Å². The van der Waals surface area contributed by atoms with E-state index >= 15 is 0 Å². The number of aliphatic hydroxyl groups is 1. The molecule has 0 saturated carbocycles. The van der Waals surface area contributed by atoms with E-state index in [9.17, 15) is 14.7 Å². The lowest BCUT2D eigenvalue weighted by Gasteiger charge is -2.15. The largest absolute Gasteiger partial charge is 0.462 e. The van der Waals surface area contributed by atoms with Gasteiger partial charge in [0.15, 0.2) is 6.10 Å². The van der Waals surface area contributed by atoms with Gasteiger partial charge in [-0.1, -0.05) is 257 Å². The van der Waals surface area contributed by atoms with Crippen molar-refractivity contribution < 1.29 is 24.2 Å². The number of allylic oxidation sites excluding steroid dienone is 40. The highest BCUT2D eigenvalue weighted by molar-refractivity contribution is 5.70. The molecular formula is C75H108O5. The Balaban J connectivity index is 3.78. The normalized spacial score (nSPS) is 14.0. The van der Waals surface area contributed by atoms with E-state index in [1.165, 1.54) is 0 Å². The van der Waals surface area contributed by atoms with Crippen molar-refractivity contribution in [2.45, 2.75) is 200 Å². The predicted octanol–water partition coefficient (Wildman–Crippen LogP) is 21.5. The summed E-state index contributed by atoms with van der Waals surface area (Å²) >= 11 is 0. The summed E-state index contributed by atoms with van der Waals surface area (Å²) in [4.78, 5) is 24.5. The van der Waals surface area contributed by atoms with Crippen LogP contribution >= 0.6 is 0 Å². The Labute approximate surface area is 489 Å². The fourth-order valence-electron chi connectivity index (χ4n) is 7.14. The minimum Gasteiger partial charge on any atom is -0.462 e. The molecule has 0 fully saturated rings. The van der Waals surface area contributed by atoms with Crippen LogP contribution in [0.5, 0.6) is 0 Å². The van der Waals surface area contributed by atoms with E-state index in [-0.39, 0.29) is 31.6 Å². The Bertz CT molecular complexity index is 2060. The van der Waals surface area contributed by atoms with E-state index < -0.39 is 6.10 Å². The summed E-state index contributed by atoms with van der Waals surface area (Å²) in [6.07, 6.45) is 113. The first-order valence-electron chi connectivity index (χ1n) is 30.6. The molecule has 5 heteroatoms. The lowest BCUT2D eigenvalue weighted by Crippen LogP contribution is -2.28. The SMILES string of the molecule is CC/C=C\C/C=C\C/C=C\C/C=C\C/C=C\C/C=C\C/C=C\C/C=C\C/C=C\C/C=C\C/C=C\C/C=C\CCCCC(=O)OC(CO)COC(=O)CCCC/C=C\C/C=C\C/C=C\C/C=C\C/C=C\C/C=C\C/C=C\C/C=C\CC. The van der Waals surface area contributed by atoms with Crippen LogP contribution in [0, 0.1) is 0 Å². The van der Waals surface area contributed by atoms with Gasteiger partial charge >= 0.3 is 11.9 Å². The smallest absolute Gasteiger partial charge is 0.306 e. The molecule has 0 aromatic carbocycles. The summed E-state index contributed by atoms with van der Waals surface area (Å²) in [6, 6.07) is 0. The molecule has 80 heavy (non-hydrogen) atoms. The van der Waals surface area contributed by atoms with Gasteiger partial charge in [0.05, 0.1) is 6.61 Å². The number of aliphatic hydroxyl groups excluding tert-OH is 1. The number of hydrogen-bond acceptors (Lipinski definition) is 5. The maximum absolute atomic E-state index is 12.3. The average Bonchev–Trinajstić information content (AvgIpc) is 3.46. The molecule has 0 amide bonds. The van der Waals surface area contributed by atoms with Crippen LogP contribution in [0.3, 0.4) is 0 Å². The van der Waals surface area contributed by atoms with E-state index in [2.05, 4.69) is 257 Å². The van der Waals surface area contributed by atoms with Gasteiger partial charge in [-0.25, -0.2) is 0 Å². The zero-order chi connectivity index (χ0) is 57.6. The summed E-state index contributed by atoms with van der Waals surface area (Å²) in [7, 11) is 0. The maximum Gasteiger partial charge on any atom is 0.306 e. The second-order valence-corrected chi connectivity index (χ2v) is 19.0. The van der Waals surface area contributed by atoms with Crippen molar-refractivity contribution in [1.29, 1.82) is 0 Å². The van der Waals surface area contributed by atoms with Gasteiger partial charge in [-0.05, 0) is 167 Å². The molecule has 0 aliphatic carbocycles. The van der Waals surface area contributed by atoms with Crippen LogP contribution in [0.2, 0.25) is 0 Å². The topological polar surface area (TPSA) is 72.8 Å². The number of carbonyl (C=O) groups excluding carboxylic acids is 2. The molecule has 0 spiro atoms. The van der Waals surface area contributed by atoms with E-state index in [0.29, 0.717) is 12.8 Å². The summed E-state index contributed by atoms with van der Waals surface area (Å²) in [6.45, 7) is 3.81. The van der Waals surface area contributed by atoms with E-state index in [4.69, 9.17) is 9.47 Å². The molecule has 1 atom stereocenters. The van der Waals surface area contributed by atoms with Crippen LogP contribution < -0.4 is 0 Å². The van der Waals surface area contributed by atoms with Crippen LogP contribution in [-0.2, 0) is 19.1 Å². The van der Waals surface area contributed by atoms with Crippen LogP contribution in [0.1, 0.15) is 194 Å². The first-order chi connectivity index (χ1) is 39.6. The molecular weight excluding hydrogens is 981 g/mol. The van der Waals surface area contributed by atoms with Crippen LogP contribution in [0.4, 0.5) is 0 Å². The quantitative estimate of drug-likeness (QED) is 0.0373. The minimum absolute atomic E-state index is 0.125. The van der Waals surface area contributed by atoms with E-state index in [1.807, 2.05) is 0 Å². The first-order valence-corrected chi connectivity index (χ1v) is 30.6.